The van der Waals surface area contributed by atoms with Crippen molar-refractivity contribution in [1.29, 1.82) is 5.26 Å². The Morgan fingerprint density at radius 2 is 2.18 bits per heavy atom. The molecule has 1 atom stereocenters. The second-order valence-corrected chi connectivity index (χ2v) is 5.50. The molecule has 0 bridgehead atoms. The zero-order valence-corrected chi connectivity index (χ0v) is 12.8. The Morgan fingerprint density at radius 3 is 2.86 bits per heavy atom. The van der Waals surface area contributed by atoms with Gasteiger partial charge in [-0.3, -0.25) is 4.68 Å². The lowest BCUT2D eigenvalue weighted by Gasteiger charge is -2.12. The molecular weight excluding hydrogens is 298 g/mol. The lowest BCUT2D eigenvalue weighted by atomic mass is 10.1. The summed E-state index contributed by atoms with van der Waals surface area (Å²) in [5.74, 6) is 0. The van der Waals surface area contributed by atoms with Crippen LogP contribution in [0.3, 0.4) is 0 Å². The van der Waals surface area contributed by atoms with Gasteiger partial charge in [0.05, 0.1) is 35.2 Å². The molecule has 22 heavy (non-hydrogen) atoms. The number of benzene rings is 1. The minimum Gasteiger partial charge on any atom is -0.333 e. The van der Waals surface area contributed by atoms with E-state index >= 15 is 0 Å². The molecule has 0 spiro atoms. The maximum atomic E-state index is 8.91. The molecule has 2 aromatic heterocycles. The van der Waals surface area contributed by atoms with Crippen molar-refractivity contribution >= 4 is 11.6 Å². The van der Waals surface area contributed by atoms with E-state index in [0.29, 0.717) is 10.6 Å². The Morgan fingerprint density at radius 1 is 1.32 bits per heavy atom. The largest absolute Gasteiger partial charge is 0.333 e. The number of imidazole rings is 1. The third kappa shape index (κ3) is 2.87. The first kappa shape index (κ1) is 14.4. The van der Waals surface area contributed by atoms with Gasteiger partial charge in [-0.1, -0.05) is 17.7 Å². The Kier molecular flexibility index (Phi) is 3.94. The zero-order chi connectivity index (χ0) is 15.5. The third-order valence-electron chi connectivity index (χ3n) is 3.51. The second-order valence-electron chi connectivity index (χ2n) is 5.09. The van der Waals surface area contributed by atoms with Gasteiger partial charge in [0.1, 0.15) is 6.07 Å². The predicted octanol–water partition coefficient (Wildman–Crippen LogP) is 3.53. The summed E-state index contributed by atoms with van der Waals surface area (Å²) in [4.78, 5) is 4.06. The van der Waals surface area contributed by atoms with Crippen LogP contribution >= 0.6 is 11.6 Å². The van der Waals surface area contributed by atoms with Crippen LogP contribution in [0.5, 0.6) is 0 Å². The molecule has 110 valence electrons. The highest BCUT2D eigenvalue weighted by atomic mass is 35.5. The van der Waals surface area contributed by atoms with E-state index in [9.17, 15) is 0 Å². The number of nitrogens with zero attached hydrogens (tertiary/aromatic N) is 5. The van der Waals surface area contributed by atoms with E-state index in [1.54, 1.807) is 24.7 Å². The Hall–Kier alpha value is -2.58. The van der Waals surface area contributed by atoms with Crippen molar-refractivity contribution in [1.82, 2.24) is 19.3 Å². The highest BCUT2D eigenvalue weighted by Crippen LogP contribution is 2.24. The predicted molar refractivity (Wildman–Crippen MR) is 84.3 cm³/mol. The van der Waals surface area contributed by atoms with E-state index < -0.39 is 0 Å². The van der Waals surface area contributed by atoms with Gasteiger partial charge in [0.25, 0.3) is 0 Å². The molecule has 0 aliphatic rings. The fourth-order valence-corrected chi connectivity index (χ4v) is 2.50. The summed E-state index contributed by atoms with van der Waals surface area (Å²) in [6, 6.07) is 9.60. The summed E-state index contributed by atoms with van der Waals surface area (Å²) in [6.45, 7) is 2.86. The van der Waals surface area contributed by atoms with Gasteiger partial charge in [-0.05, 0) is 25.1 Å². The quantitative estimate of drug-likeness (QED) is 0.740. The van der Waals surface area contributed by atoms with Crippen LogP contribution in [-0.4, -0.2) is 19.3 Å². The van der Waals surface area contributed by atoms with Crippen LogP contribution in [0, 0.1) is 11.3 Å². The standard InChI is InChI=1S/C16H14ClN5/c1-12(21-7-5-19-11-21)10-22-6-4-16(20-22)13-2-3-14(9-18)15(17)8-13/h2-8,11-12H,10H2,1H3/t12-/m0/s1. The van der Waals surface area contributed by atoms with E-state index in [1.165, 1.54) is 0 Å². The monoisotopic (exact) mass is 311 g/mol. The number of rotatable bonds is 4. The molecule has 0 amide bonds. The van der Waals surface area contributed by atoms with E-state index in [2.05, 4.69) is 23.1 Å². The average molecular weight is 312 g/mol. The molecule has 6 heteroatoms. The summed E-state index contributed by atoms with van der Waals surface area (Å²) >= 11 is 6.07. The van der Waals surface area contributed by atoms with Crippen molar-refractivity contribution in [2.75, 3.05) is 0 Å². The van der Waals surface area contributed by atoms with Crippen molar-refractivity contribution in [2.24, 2.45) is 0 Å². The molecule has 0 aliphatic carbocycles. The Balaban J connectivity index is 1.79. The average Bonchev–Trinajstić information content (AvgIpc) is 3.18. The smallest absolute Gasteiger partial charge is 0.101 e. The topological polar surface area (TPSA) is 59.4 Å². The number of halogens is 1. The van der Waals surface area contributed by atoms with E-state index in [1.807, 2.05) is 33.8 Å². The summed E-state index contributed by atoms with van der Waals surface area (Å²) in [5.41, 5.74) is 2.21. The highest BCUT2D eigenvalue weighted by Gasteiger charge is 2.09. The minimum absolute atomic E-state index is 0.264. The highest BCUT2D eigenvalue weighted by molar-refractivity contribution is 6.32. The molecule has 3 aromatic rings. The zero-order valence-electron chi connectivity index (χ0n) is 12.0. The van der Waals surface area contributed by atoms with E-state index in [4.69, 9.17) is 16.9 Å². The summed E-state index contributed by atoms with van der Waals surface area (Å²) < 4.78 is 3.94. The van der Waals surface area contributed by atoms with Gasteiger partial charge in [0, 0.05) is 24.2 Å². The molecule has 5 nitrogen and oxygen atoms in total. The van der Waals surface area contributed by atoms with Crippen LogP contribution in [0.4, 0.5) is 0 Å². The van der Waals surface area contributed by atoms with E-state index in [0.717, 1.165) is 17.8 Å². The summed E-state index contributed by atoms with van der Waals surface area (Å²) in [7, 11) is 0. The molecule has 3 rings (SSSR count). The fraction of sp³-hybridized carbons (Fsp3) is 0.188. The molecule has 2 heterocycles. The van der Waals surface area contributed by atoms with Gasteiger partial charge in [-0.25, -0.2) is 4.98 Å². The van der Waals surface area contributed by atoms with Crippen LogP contribution < -0.4 is 0 Å². The number of aromatic nitrogens is 4. The maximum Gasteiger partial charge on any atom is 0.101 e. The van der Waals surface area contributed by atoms with Gasteiger partial charge >= 0.3 is 0 Å². The molecule has 0 radical (unpaired) electrons. The van der Waals surface area contributed by atoms with E-state index in [-0.39, 0.29) is 6.04 Å². The van der Waals surface area contributed by atoms with Gasteiger partial charge in [0.2, 0.25) is 0 Å². The fourth-order valence-electron chi connectivity index (χ4n) is 2.28. The molecule has 0 saturated carbocycles. The lowest BCUT2D eigenvalue weighted by molar-refractivity contribution is 0.437. The molecule has 0 fully saturated rings. The molecule has 1 aromatic carbocycles. The first-order valence-electron chi connectivity index (χ1n) is 6.88. The van der Waals surface area contributed by atoms with Crippen LogP contribution in [0.2, 0.25) is 5.02 Å². The van der Waals surface area contributed by atoms with Crippen LogP contribution in [0.25, 0.3) is 11.3 Å². The van der Waals surface area contributed by atoms with Crippen LogP contribution in [0.1, 0.15) is 18.5 Å². The van der Waals surface area contributed by atoms with Crippen molar-refractivity contribution in [2.45, 2.75) is 19.5 Å². The van der Waals surface area contributed by atoms with Crippen LogP contribution in [0.15, 0.2) is 49.2 Å². The summed E-state index contributed by atoms with van der Waals surface area (Å²) in [5, 5.41) is 13.9. The molecule has 0 aliphatic heterocycles. The van der Waals surface area contributed by atoms with Crippen molar-refractivity contribution < 1.29 is 0 Å². The maximum absolute atomic E-state index is 8.91. The Bertz CT molecular complexity index is 813. The SMILES string of the molecule is C[C@@H](Cn1ccc(-c2ccc(C#N)c(Cl)c2)n1)n1ccnc1. The number of nitriles is 1. The Labute approximate surface area is 133 Å². The van der Waals surface area contributed by atoms with Crippen molar-refractivity contribution in [3.63, 3.8) is 0 Å². The van der Waals surface area contributed by atoms with Crippen molar-refractivity contribution in [3.8, 4) is 17.3 Å². The minimum atomic E-state index is 0.264. The summed E-state index contributed by atoms with van der Waals surface area (Å²) in [6.07, 6.45) is 7.45. The molecule has 0 N–H and O–H groups in total. The molecular formula is C16H14ClN5. The second kappa shape index (κ2) is 6.04. The number of hydrogen-bond donors (Lipinski definition) is 0. The van der Waals surface area contributed by atoms with Gasteiger partial charge in [0.15, 0.2) is 0 Å². The first-order valence-corrected chi connectivity index (χ1v) is 7.26. The number of hydrogen-bond acceptors (Lipinski definition) is 3. The lowest BCUT2D eigenvalue weighted by Crippen LogP contribution is -2.12. The van der Waals surface area contributed by atoms with Gasteiger partial charge < -0.3 is 4.57 Å². The molecule has 0 saturated heterocycles. The van der Waals surface area contributed by atoms with Gasteiger partial charge in [-0.2, -0.15) is 10.4 Å². The van der Waals surface area contributed by atoms with Crippen molar-refractivity contribution in [3.05, 3.63) is 59.8 Å². The third-order valence-corrected chi connectivity index (χ3v) is 3.82. The first-order chi connectivity index (χ1) is 10.7. The normalized spacial score (nSPS) is 12.0. The van der Waals surface area contributed by atoms with Gasteiger partial charge in [-0.15, -0.1) is 0 Å². The molecule has 0 unspecified atom stereocenters. The van der Waals surface area contributed by atoms with Crippen LogP contribution in [-0.2, 0) is 6.54 Å².